The third-order valence-electron chi connectivity index (χ3n) is 5.29. The Kier molecular flexibility index (Phi) is 7.32. The van der Waals surface area contributed by atoms with Crippen LogP contribution >= 0.6 is 63.7 Å². The van der Waals surface area contributed by atoms with Crippen LogP contribution < -0.4 is 0 Å². The van der Waals surface area contributed by atoms with Gasteiger partial charge >= 0.3 is 5.97 Å². The van der Waals surface area contributed by atoms with Gasteiger partial charge in [0, 0.05) is 36.0 Å². The molecule has 0 saturated heterocycles. The largest absolute Gasteiger partial charge is 0.460 e. The number of ether oxygens (including phenoxy) is 3. The molecular formula is C17H24Br4O4. The zero-order valence-corrected chi connectivity index (χ0v) is 21.2. The Morgan fingerprint density at radius 1 is 1.04 bits per heavy atom. The summed E-state index contributed by atoms with van der Waals surface area (Å²) in [6.07, 6.45) is 5.03. The van der Waals surface area contributed by atoms with Gasteiger partial charge in [-0.05, 0) is 6.42 Å². The first-order valence-corrected chi connectivity index (χ1v) is 11.6. The molecule has 0 radical (unpaired) electrons. The van der Waals surface area contributed by atoms with E-state index in [0.29, 0.717) is 0 Å². The summed E-state index contributed by atoms with van der Waals surface area (Å²) in [5.41, 5.74) is 0. The Balaban J connectivity index is 2.52. The third kappa shape index (κ3) is 2.96. The number of carbonyl (C=O) groups is 1. The summed E-state index contributed by atoms with van der Waals surface area (Å²) < 4.78 is 17.9. The standard InChI is InChI=1S/C17H24Br4O4/c1-5-6-7-8-9-11-14(25-10(2)22)16(21)13(19)12(18)15(11,20)17(16,23-3)24-4/h11,14H,5-9H2,1-4H3/t11-,14+,15-,16-/m1/s1. The summed E-state index contributed by atoms with van der Waals surface area (Å²) in [6, 6.07) is 0. The van der Waals surface area contributed by atoms with Crippen LogP contribution in [0.1, 0.15) is 46.0 Å². The van der Waals surface area contributed by atoms with Crippen LogP contribution in [0, 0.1) is 5.92 Å². The maximum absolute atomic E-state index is 11.8. The summed E-state index contributed by atoms with van der Waals surface area (Å²) >= 11 is 15.2. The quantitative estimate of drug-likeness (QED) is 0.151. The van der Waals surface area contributed by atoms with E-state index in [9.17, 15) is 4.79 Å². The van der Waals surface area contributed by atoms with Crippen LogP contribution in [-0.4, -0.2) is 40.7 Å². The van der Waals surface area contributed by atoms with Crippen molar-refractivity contribution >= 4 is 69.7 Å². The molecule has 25 heavy (non-hydrogen) atoms. The van der Waals surface area contributed by atoms with Crippen molar-refractivity contribution in [3.63, 3.8) is 0 Å². The molecule has 0 aromatic carbocycles. The molecular weight excluding hydrogens is 588 g/mol. The number of esters is 1. The van der Waals surface area contributed by atoms with Crippen molar-refractivity contribution in [2.24, 2.45) is 5.92 Å². The number of hydrogen-bond acceptors (Lipinski definition) is 4. The number of hydrogen-bond donors (Lipinski definition) is 0. The van der Waals surface area contributed by atoms with Gasteiger partial charge in [0.15, 0.2) is 4.32 Å². The Labute approximate surface area is 183 Å². The minimum atomic E-state index is -1.06. The molecule has 0 N–H and O–H groups in total. The number of methoxy groups -OCH3 is 2. The smallest absolute Gasteiger partial charge is 0.302 e. The first-order chi connectivity index (χ1) is 11.7. The second kappa shape index (κ2) is 8.19. The lowest BCUT2D eigenvalue weighted by Crippen LogP contribution is -2.57. The maximum Gasteiger partial charge on any atom is 0.302 e. The molecule has 0 aromatic heterocycles. The van der Waals surface area contributed by atoms with Crippen molar-refractivity contribution in [3.8, 4) is 0 Å². The molecule has 2 rings (SSSR count). The molecule has 4 atom stereocenters. The van der Waals surface area contributed by atoms with Crippen LogP contribution in [0.3, 0.4) is 0 Å². The van der Waals surface area contributed by atoms with Crippen molar-refractivity contribution in [1.82, 2.24) is 0 Å². The maximum atomic E-state index is 11.8. The van der Waals surface area contributed by atoms with Crippen LogP contribution in [0.4, 0.5) is 0 Å². The molecule has 1 saturated carbocycles. The topological polar surface area (TPSA) is 44.8 Å². The van der Waals surface area contributed by atoms with Gasteiger partial charge in [0.25, 0.3) is 0 Å². The van der Waals surface area contributed by atoms with E-state index in [2.05, 4.69) is 70.6 Å². The van der Waals surface area contributed by atoms with Gasteiger partial charge in [-0.15, -0.1) is 0 Å². The number of carbonyl (C=O) groups excluding carboxylic acids is 1. The molecule has 0 aliphatic heterocycles. The minimum Gasteiger partial charge on any atom is -0.460 e. The van der Waals surface area contributed by atoms with Gasteiger partial charge in [-0.1, -0.05) is 96.3 Å². The normalized spacial score (nSPS) is 36.2. The average Bonchev–Trinajstić information content (AvgIpc) is 2.81. The molecule has 2 bridgehead atoms. The number of rotatable bonds is 8. The van der Waals surface area contributed by atoms with Gasteiger partial charge < -0.3 is 14.2 Å². The van der Waals surface area contributed by atoms with E-state index in [1.165, 1.54) is 19.8 Å². The fourth-order valence-corrected chi connectivity index (χ4v) is 9.25. The highest BCUT2D eigenvalue weighted by Gasteiger charge is 2.84. The first-order valence-electron chi connectivity index (χ1n) is 8.40. The van der Waals surface area contributed by atoms with Crippen molar-refractivity contribution in [2.75, 3.05) is 14.2 Å². The number of halogens is 4. The molecule has 0 unspecified atom stereocenters. The highest BCUT2D eigenvalue weighted by Crippen LogP contribution is 2.74. The molecule has 0 aromatic rings. The molecule has 2 aliphatic carbocycles. The van der Waals surface area contributed by atoms with Crippen molar-refractivity contribution in [2.45, 2.75) is 66.5 Å². The predicted molar refractivity (Wildman–Crippen MR) is 113 cm³/mol. The Morgan fingerprint density at radius 2 is 1.60 bits per heavy atom. The van der Waals surface area contributed by atoms with Gasteiger partial charge in [0.05, 0.1) is 0 Å². The van der Waals surface area contributed by atoms with Gasteiger partial charge in [-0.3, -0.25) is 4.79 Å². The summed E-state index contributed by atoms with van der Waals surface area (Å²) in [7, 11) is 3.23. The Hall–Kier alpha value is 1.05. The molecule has 0 heterocycles. The highest BCUT2D eigenvalue weighted by molar-refractivity contribution is 9.16. The van der Waals surface area contributed by atoms with E-state index in [0.717, 1.165) is 28.2 Å². The lowest BCUT2D eigenvalue weighted by atomic mass is 9.85. The molecule has 0 amide bonds. The van der Waals surface area contributed by atoms with E-state index in [1.807, 2.05) is 0 Å². The van der Waals surface area contributed by atoms with Gasteiger partial charge in [-0.25, -0.2) is 0 Å². The van der Waals surface area contributed by atoms with Crippen LogP contribution in [0.15, 0.2) is 8.96 Å². The molecule has 4 nitrogen and oxygen atoms in total. The molecule has 1 fully saturated rings. The lowest BCUT2D eigenvalue weighted by Gasteiger charge is -2.41. The molecule has 2 aliphatic rings. The van der Waals surface area contributed by atoms with E-state index < -0.39 is 20.5 Å². The van der Waals surface area contributed by atoms with Crippen molar-refractivity contribution < 1.29 is 19.0 Å². The predicted octanol–water partition coefficient (Wildman–Crippen LogP) is 5.79. The minimum absolute atomic E-state index is 0.0109. The summed E-state index contributed by atoms with van der Waals surface area (Å²) in [4.78, 5) is 11.8. The highest BCUT2D eigenvalue weighted by atomic mass is 79.9. The second-order valence-corrected chi connectivity index (χ2v) is 10.6. The zero-order valence-electron chi connectivity index (χ0n) is 14.8. The van der Waals surface area contributed by atoms with Gasteiger partial charge in [0.2, 0.25) is 5.79 Å². The SMILES string of the molecule is CCCCCC[C@@H]1[C@H](OC(C)=O)[C@]2(Br)C(Br)=C(Br)[C@@]1(Br)C2(OC)OC. The molecule has 8 heteroatoms. The van der Waals surface area contributed by atoms with E-state index in [-0.39, 0.29) is 11.9 Å². The first kappa shape index (κ1) is 22.3. The second-order valence-electron chi connectivity index (χ2n) is 6.56. The summed E-state index contributed by atoms with van der Waals surface area (Å²) in [5.74, 6) is -1.39. The zero-order chi connectivity index (χ0) is 19.0. The molecule has 144 valence electrons. The van der Waals surface area contributed by atoms with Gasteiger partial charge in [-0.2, -0.15) is 0 Å². The van der Waals surface area contributed by atoms with Crippen LogP contribution in [0.25, 0.3) is 0 Å². The molecule has 0 spiro atoms. The van der Waals surface area contributed by atoms with Crippen LogP contribution in [0.2, 0.25) is 0 Å². The number of unbranched alkanes of at least 4 members (excludes halogenated alkanes) is 3. The average molecular weight is 612 g/mol. The van der Waals surface area contributed by atoms with E-state index in [1.54, 1.807) is 14.2 Å². The van der Waals surface area contributed by atoms with Crippen LogP contribution in [-0.2, 0) is 19.0 Å². The number of alkyl halides is 2. The summed E-state index contributed by atoms with van der Waals surface area (Å²) in [6.45, 7) is 3.63. The Bertz CT molecular complexity index is 563. The number of fused-ring (bicyclic) bond motifs is 2. The fourth-order valence-electron chi connectivity index (χ4n) is 4.24. The van der Waals surface area contributed by atoms with E-state index in [4.69, 9.17) is 14.2 Å². The van der Waals surface area contributed by atoms with E-state index >= 15 is 0 Å². The van der Waals surface area contributed by atoms with Crippen molar-refractivity contribution in [3.05, 3.63) is 8.96 Å². The van der Waals surface area contributed by atoms with Crippen LogP contribution in [0.5, 0.6) is 0 Å². The van der Waals surface area contributed by atoms with Gasteiger partial charge in [0.1, 0.15) is 10.4 Å². The third-order valence-corrected chi connectivity index (χ3v) is 11.8. The lowest BCUT2D eigenvalue weighted by molar-refractivity contribution is -0.217. The summed E-state index contributed by atoms with van der Waals surface area (Å²) in [5, 5.41) is 0. The Morgan fingerprint density at radius 3 is 2.08 bits per heavy atom. The monoisotopic (exact) mass is 608 g/mol. The fraction of sp³-hybridized carbons (Fsp3) is 0.824. The van der Waals surface area contributed by atoms with Crippen molar-refractivity contribution in [1.29, 1.82) is 0 Å².